The maximum absolute atomic E-state index is 14.2. The van der Waals surface area contributed by atoms with E-state index in [0.29, 0.717) is 24.3 Å². The summed E-state index contributed by atoms with van der Waals surface area (Å²) in [6.07, 6.45) is -4.02. The van der Waals surface area contributed by atoms with Crippen LogP contribution < -0.4 is 0 Å². The second-order valence-corrected chi connectivity index (χ2v) is 10.1. The molecule has 1 saturated heterocycles. The first kappa shape index (κ1) is 24.3. The van der Waals surface area contributed by atoms with E-state index >= 15 is 0 Å². The summed E-state index contributed by atoms with van der Waals surface area (Å²) in [4.78, 5) is 21.2. The van der Waals surface area contributed by atoms with Crippen molar-refractivity contribution in [3.8, 4) is 5.69 Å². The number of carbonyl (C=O) groups excluding carboxylic acids is 1. The summed E-state index contributed by atoms with van der Waals surface area (Å²) in [5, 5.41) is 6.78. The number of nitrogens with zero attached hydrogens (tertiary/aromatic N) is 5. The quantitative estimate of drug-likeness (QED) is 0.491. The van der Waals surface area contributed by atoms with Gasteiger partial charge in [-0.25, -0.2) is 14.1 Å². The number of rotatable bonds is 4. The summed E-state index contributed by atoms with van der Waals surface area (Å²) in [6.45, 7) is 8.49. The summed E-state index contributed by atoms with van der Waals surface area (Å²) < 4.78 is 56.3. The number of amides is 1. The molecule has 1 aromatic carbocycles. The van der Waals surface area contributed by atoms with Crippen molar-refractivity contribution in [1.29, 1.82) is 0 Å². The molecule has 0 spiro atoms. The normalized spacial score (nSPS) is 15.7. The zero-order valence-corrected chi connectivity index (χ0v) is 19.9. The molecule has 2 aromatic heterocycles. The Bertz CT molecular complexity index is 1170. The first-order valence-electron chi connectivity index (χ1n) is 10.8. The third kappa shape index (κ3) is 5.00. The van der Waals surface area contributed by atoms with Gasteiger partial charge in [0.15, 0.2) is 5.69 Å². The molecule has 34 heavy (non-hydrogen) atoms. The molecule has 4 rings (SSSR count). The maximum Gasteiger partial charge on any atom is 0.434 e. The smallest absolute Gasteiger partial charge is 0.336 e. The van der Waals surface area contributed by atoms with Gasteiger partial charge in [0.25, 0.3) is 5.91 Å². The number of aromatic nitrogens is 3. The van der Waals surface area contributed by atoms with Crippen LogP contribution in [-0.2, 0) is 18.1 Å². The molecule has 1 aliphatic rings. The Morgan fingerprint density at radius 2 is 1.76 bits per heavy atom. The summed E-state index contributed by atoms with van der Waals surface area (Å²) in [5.41, 5.74) is -1.31. The van der Waals surface area contributed by atoms with Crippen LogP contribution in [0.25, 0.3) is 5.69 Å². The Hall–Kier alpha value is -2.79. The number of para-hydroxylation sites is 1. The maximum atomic E-state index is 14.2. The van der Waals surface area contributed by atoms with Crippen LogP contribution in [0, 0.1) is 5.82 Å². The molecule has 0 radical (unpaired) electrons. The van der Waals surface area contributed by atoms with Crippen LogP contribution in [0.1, 0.15) is 47.5 Å². The number of thiazole rings is 1. The second kappa shape index (κ2) is 9.10. The lowest BCUT2D eigenvalue weighted by molar-refractivity contribution is -0.143. The topological polar surface area (TPSA) is 54.3 Å². The molecule has 3 heterocycles. The van der Waals surface area contributed by atoms with Gasteiger partial charge < -0.3 is 4.90 Å². The molecule has 0 aliphatic carbocycles. The van der Waals surface area contributed by atoms with E-state index in [2.05, 4.69) is 35.8 Å². The number of hydrogen-bond donors (Lipinski definition) is 0. The lowest BCUT2D eigenvalue weighted by atomic mass is 9.98. The average Bonchev–Trinajstić information content (AvgIpc) is 3.41. The Labute approximate surface area is 198 Å². The van der Waals surface area contributed by atoms with E-state index in [1.54, 1.807) is 11.3 Å². The predicted molar refractivity (Wildman–Crippen MR) is 121 cm³/mol. The van der Waals surface area contributed by atoms with Crippen LogP contribution in [0.5, 0.6) is 0 Å². The van der Waals surface area contributed by atoms with E-state index in [1.165, 1.54) is 23.1 Å². The van der Waals surface area contributed by atoms with Gasteiger partial charge in [-0.2, -0.15) is 18.3 Å². The predicted octanol–water partition coefficient (Wildman–Crippen LogP) is 4.74. The van der Waals surface area contributed by atoms with Gasteiger partial charge in [0, 0.05) is 43.5 Å². The minimum Gasteiger partial charge on any atom is -0.336 e. The summed E-state index contributed by atoms with van der Waals surface area (Å²) in [6, 6.07) is 5.02. The van der Waals surface area contributed by atoms with Gasteiger partial charge in [0.1, 0.15) is 11.5 Å². The summed E-state index contributed by atoms with van der Waals surface area (Å²) >= 11 is 1.61. The van der Waals surface area contributed by atoms with Crippen molar-refractivity contribution in [2.24, 2.45) is 0 Å². The van der Waals surface area contributed by atoms with Gasteiger partial charge in [-0.3, -0.25) is 9.69 Å². The van der Waals surface area contributed by atoms with Gasteiger partial charge >= 0.3 is 6.18 Å². The van der Waals surface area contributed by atoms with Crippen LogP contribution in [-0.4, -0.2) is 56.7 Å². The second-order valence-electron chi connectivity index (χ2n) is 9.23. The van der Waals surface area contributed by atoms with Crippen LogP contribution in [0.4, 0.5) is 17.6 Å². The van der Waals surface area contributed by atoms with E-state index in [0.717, 1.165) is 23.0 Å². The van der Waals surface area contributed by atoms with Gasteiger partial charge in [-0.1, -0.05) is 32.9 Å². The molecule has 0 saturated carbocycles. The lowest BCUT2D eigenvalue weighted by Gasteiger charge is -2.34. The molecule has 182 valence electrons. The highest BCUT2D eigenvalue weighted by molar-refractivity contribution is 7.09. The minimum atomic E-state index is -4.89. The van der Waals surface area contributed by atoms with Gasteiger partial charge in [0.2, 0.25) is 0 Å². The number of halogens is 4. The third-order valence-corrected chi connectivity index (χ3v) is 6.90. The molecule has 1 aliphatic heterocycles. The average molecular weight is 496 g/mol. The van der Waals surface area contributed by atoms with E-state index in [4.69, 9.17) is 0 Å². The first-order chi connectivity index (χ1) is 15.9. The Balaban J connectivity index is 1.48. The SMILES string of the molecule is CC(C)(C)c1nc(CN2CCN(C(=O)c3cnn(-c4ccccc4F)c3C(F)(F)F)CC2)cs1. The number of benzene rings is 1. The van der Waals surface area contributed by atoms with E-state index < -0.39 is 29.2 Å². The molecular weight excluding hydrogens is 470 g/mol. The van der Waals surface area contributed by atoms with E-state index in [1.807, 2.05) is 5.38 Å². The molecule has 1 amide bonds. The van der Waals surface area contributed by atoms with Crippen LogP contribution >= 0.6 is 11.3 Å². The molecule has 1 fully saturated rings. The van der Waals surface area contributed by atoms with E-state index in [-0.39, 0.29) is 24.2 Å². The molecule has 6 nitrogen and oxygen atoms in total. The molecule has 11 heteroatoms. The van der Waals surface area contributed by atoms with Crippen molar-refractivity contribution < 1.29 is 22.4 Å². The van der Waals surface area contributed by atoms with Crippen molar-refractivity contribution in [3.63, 3.8) is 0 Å². The fourth-order valence-corrected chi connectivity index (χ4v) is 4.71. The summed E-state index contributed by atoms with van der Waals surface area (Å²) in [5.74, 6) is -1.63. The lowest BCUT2D eigenvalue weighted by Crippen LogP contribution is -2.48. The number of piperazine rings is 1. The first-order valence-corrected chi connectivity index (χ1v) is 11.7. The third-order valence-electron chi connectivity index (χ3n) is 5.59. The number of alkyl halides is 3. The minimum absolute atomic E-state index is 0.0304. The molecule has 0 atom stereocenters. The standard InChI is InChI=1S/C23H25F4N5OS/c1-22(2,3)21-29-15(14-34-21)13-30-8-10-31(11-9-30)20(33)16-12-28-32(19(16)23(25,26)27)18-7-5-4-6-17(18)24/h4-7,12,14H,8-11,13H2,1-3H3. The highest BCUT2D eigenvalue weighted by Crippen LogP contribution is 2.35. The van der Waals surface area contributed by atoms with Crippen molar-refractivity contribution >= 4 is 17.2 Å². The van der Waals surface area contributed by atoms with Crippen molar-refractivity contribution in [1.82, 2.24) is 24.6 Å². The Kier molecular flexibility index (Phi) is 6.52. The molecule has 0 unspecified atom stereocenters. The number of carbonyl (C=O) groups is 1. The fraction of sp³-hybridized carbons (Fsp3) is 0.435. The highest BCUT2D eigenvalue weighted by Gasteiger charge is 2.42. The largest absolute Gasteiger partial charge is 0.434 e. The zero-order valence-electron chi connectivity index (χ0n) is 19.1. The summed E-state index contributed by atoms with van der Waals surface area (Å²) in [7, 11) is 0. The van der Waals surface area contributed by atoms with Crippen LogP contribution in [0.15, 0.2) is 35.8 Å². The molecule has 0 N–H and O–H groups in total. The van der Waals surface area contributed by atoms with Crippen molar-refractivity contribution in [3.05, 3.63) is 63.6 Å². The van der Waals surface area contributed by atoms with Crippen molar-refractivity contribution in [2.45, 2.75) is 38.9 Å². The van der Waals surface area contributed by atoms with Crippen LogP contribution in [0.2, 0.25) is 0 Å². The zero-order chi connectivity index (χ0) is 24.7. The molecular formula is C23H25F4N5OS. The number of hydrogen-bond acceptors (Lipinski definition) is 5. The van der Waals surface area contributed by atoms with Crippen molar-refractivity contribution in [2.75, 3.05) is 26.2 Å². The van der Waals surface area contributed by atoms with Crippen LogP contribution in [0.3, 0.4) is 0 Å². The van der Waals surface area contributed by atoms with Gasteiger partial charge in [-0.05, 0) is 12.1 Å². The van der Waals surface area contributed by atoms with Gasteiger partial charge in [-0.15, -0.1) is 11.3 Å². The molecule has 3 aromatic rings. The molecule has 0 bridgehead atoms. The fourth-order valence-electron chi connectivity index (χ4n) is 3.82. The Morgan fingerprint density at radius 3 is 2.35 bits per heavy atom. The highest BCUT2D eigenvalue weighted by atomic mass is 32.1. The Morgan fingerprint density at radius 1 is 1.09 bits per heavy atom. The van der Waals surface area contributed by atoms with Gasteiger partial charge in [0.05, 0.1) is 22.5 Å². The monoisotopic (exact) mass is 495 g/mol. The van der Waals surface area contributed by atoms with E-state index in [9.17, 15) is 22.4 Å².